The fourth-order valence-electron chi connectivity index (χ4n) is 4.10. The molecule has 0 unspecified atom stereocenters. The van der Waals surface area contributed by atoms with Gasteiger partial charge in [-0.05, 0) is 70.6 Å². The fraction of sp³-hybridized carbons (Fsp3) is 1.00. The van der Waals surface area contributed by atoms with Crippen molar-refractivity contribution in [3.63, 3.8) is 0 Å². The van der Waals surface area contributed by atoms with Gasteiger partial charge in [-0.2, -0.15) is 0 Å². The van der Waals surface area contributed by atoms with E-state index in [0.717, 1.165) is 0 Å². The Labute approximate surface area is 214 Å². The smallest absolute Gasteiger partial charge is 0.374 e. The van der Waals surface area contributed by atoms with Crippen LogP contribution in [0.4, 0.5) is 0 Å². The lowest BCUT2D eigenvalue weighted by Crippen LogP contribution is -2.58. The number of nitrogens with zero attached hydrogens (tertiary/aromatic N) is 3. The highest BCUT2D eigenvalue weighted by Crippen LogP contribution is 2.85. The van der Waals surface area contributed by atoms with Crippen LogP contribution in [0.5, 0.6) is 0 Å². The number of rotatable bonds is 18. The minimum absolute atomic E-state index is 0.0397. The third-order valence-electron chi connectivity index (χ3n) is 6.94. The Hall–Kier alpha value is -0.213. The summed E-state index contributed by atoms with van der Waals surface area (Å²) < 4.78 is 61.0. The zero-order chi connectivity index (χ0) is 27.6. The fourth-order valence-corrected chi connectivity index (χ4v) is 13.7. The SMILES string of the molecule is CCOP(=O)(OCC)C(O[Si](C)(C)C(C)(C)C)(C(CC)(CC)CCN=[N+]=[N-])P(=O)(OCC)OCC. The van der Waals surface area contributed by atoms with E-state index in [1.807, 2.05) is 47.7 Å². The molecule has 208 valence electrons. The van der Waals surface area contributed by atoms with E-state index in [2.05, 4.69) is 10.0 Å². The quantitative estimate of drug-likeness (QED) is 0.0541. The molecule has 0 fully saturated rings. The first-order valence-electron chi connectivity index (χ1n) is 12.6. The van der Waals surface area contributed by atoms with Gasteiger partial charge in [0.25, 0.3) is 5.08 Å². The van der Waals surface area contributed by atoms with Crippen molar-refractivity contribution < 1.29 is 31.7 Å². The summed E-state index contributed by atoms with van der Waals surface area (Å²) >= 11 is 0. The first-order chi connectivity index (χ1) is 16.1. The van der Waals surface area contributed by atoms with Crippen LogP contribution in [0.1, 0.15) is 81.6 Å². The maximum absolute atomic E-state index is 15.1. The summed E-state index contributed by atoms with van der Waals surface area (Å²) in [4.78, 5) is 2.90. The van der Waals surface area contributed by atoms with Gasteiger partial charge in [-0.25, -0.2) is 0 Å². The van der Waals surface area contributed by atoms with Gasteiger partial charge in [0.1, 0.15) is 0 Å². The summed E-state index contributed by atoms with van der Waals surface area (Å²) in [6.07, 6.45) is 0.994. The topological polar surface area (TPSA) is 129 Å². The van der Waals surface area contributed by atoms with Crippen LogP contribution < -0.4 is 0 Å². The molecule has 0 atom stereocenters. The van der Waals surface area contributed by atoms with E-state index in [1.165, 1.54) is 0 Å². The average molecular weight is 558 g/mol. The minimum Gasteiger partial charge on any atom is -0.391 e. The molecule has 0 heterocycles. The van der Waals surface area contributed by atoms with Gasteiger partial charge in [-0.15, -0.1) is 0 Å². The highest BCUT2D eigenvalue weighted by Gasteiger charge is 2.76. The van der Waals surface area contributed by atoms with Crippen molar-refractivity contribution in [2.45, 2.75) is 105 Å². The molecule has 0 amide bonds. The lowest BCUT2D eigenvalue weighted by Gasteiger charge is -2.56. The Bertz CT molecular complexity index is 744. The van der Waals surface area contributed by atoms with Crippen molar-refractivity contribution in [2.75, 3.05) is 33.0 Å². The molecule has 0 N–H and O–H groups in total. The average Bonchev–Trinajstić information content (AvgIpc) is 2.75. The van der Waals surface area contributed by atoms with Crippen LogP contribution in [-0.2, 0) is 31.7 Å². The van der Waals surface area contributed by atoms with Crippen LogP contribution >= 0.6 is 15.2 Å². The maximum Gasteiger partial charge on any atom is 0.374 e. The Morgan fingerprint density at radius 2 is 1.17 bits per heavy atom. The van der Waals surface area contributed by atoms with Crippen molar-refractivity contribution in [3.05, 3.63) is 10.4 Å². The molecular formula is C22H49N3O7P2Si. The lowest BCUT2D eigenvalue weighted by molar-refractivity contribution is -0.0113. The van der Waals surface area contributed by atoms with Gasteiger partial charge in [-0.3, -0.25) is 9.13 Å². The molecule has 0 aliphatic heterocycles. The largest absolute Gasteiger partial charge is 0.391 e. The first kappa shape index (κ1) is 34.8. The van der Waals surface area contributed by atoms with Crippen molar-refractivity contribution in [1.82, 2.24) is 0 Å². The van der Waals surface area contributed by atoms with Gasteiger partial charge in [-0.1, -0.05) is 39.7 Å². The zero-order valence-corrected chi connectivity index (χ0v) is 26.5. The molecule has 0 aliphatic carbocycles. The Kier molecular flexibility index (Phi) is 14.0. The molecule has 10 nitrogen and oxygen atoms in total. The van der Waals surface area contributed by atoms with Gasteiger partial charge in [0.15, 0.2) is 8.32 Å². The van der Waals surface area contributed by atoms with Crippen LogP contribution in [0, 0.1) is 5.41 Å². The standard InChI is InChI=1S/C22H49N3O7P2Si/c1-12-21(13-2,18-19-24-25-23)22(32-35(10,11)20(7,8)9,33(26,28-14-3)29-15-4)34(27,30-16-5)31-17-6/h12-19H2,1-11H3. The summed E-state index contributed by atoms with van der Waals surface area (Å²) in [6.45, 7) is 21.0. The number of hydrogen-bond acceptors (Lipinski definition) is 8. The summed E-state index contributed by atoms with van der Waals surface area (Å²) in [5, 5.41) is 1.33. The van der Waals surface area contributed by atoms with Gasteiger partial charge in [0.2, 0.25) is 0 Å². The number of hydrogen-bond donors (Lipinski definition) is 0. The summed E-state index contributed by atoms with van der Waals surface area (Å²) in [7, 11) is -11.5. The first-order valence-corrected chi connectivity index (χ1v) is 18.6. The molecule has 0 radical (unpaired) electrons. The second-order valence-electron chi connectivity index (χ2n) is 9.83. The predicted octanol–water partition coefficient (Wildman–Crippen LogP) is 8.70. The third-order valence-corrected chi connectivity index (χ3v) is 18.2. The summed E-state index contributed by atoms with van der Waals surface area (Å²) in [6, 6.07) is 0. The van der Waals surface area contributed by atoms with E-state index >= 15 is 9.13 Å². The molecule has 0 spiro atoms. The van der Waals surface area contributed by atoms with E-state index < -0.39 is 34.0 Å². The summed E-state index contributed by atoms with van der Waals surface area (Å²) in [5.74, 6) is 0. The van der Waals surface area contributed by atoms with Crippen LogP contribution in [0.3, 0.4) is 0 Å². The van der Waals surface area contributed by atoms with Gasteiger partial charge >= 0.3 is 15.2 Å². The third kappa shape index (κ3) is 7.01. The Morgan fingerprint density at radius 1 is 0.800 bits per heavy atom. The van der Waals surface area contributed by atoms with Crippen molar-refractivity contribution in [1.29, 1.82) is 0 Å². The maximum atomic E-state index is 15.1. The van der Waals surface area contributed by atoms with Crippen molar-refractivity contribution in [2.24, 2.45) is 10.5 Å². The minimum atomic E-state index is -4.35. The molecule has 0 aromatic carbocycles. The second kappa shape index (κ2) is 14.1. The normalized spacial score (nSPS) is 14.1. The zero-order valence-electron chi connectivity index (χ0n) is 23.8. The van der Waals surface area contributed by atoms with E-state index in [-0.39, 0.29) is 44.4 Å². The second-order valence-corrected chi connectivity index (χ2v) is 19.2. The van der Waals surface area contributed by atoms with Crippen LogP contribution in [0.15, 0.2) is 5.11 Å². The summed E-state index contributed by atoms with van der Waals surface area (Å²) in [5.41, 5.74) is 7.90. The molecule has 0 saturated carbocycles. The van der Waals surface area contributed by atoms with Gasteiger partial charge in [0, 0.05) is 16.9 Å². The van der Waals surface area contributed by atoms with Crippen molar-refractivity contribution in [3.8, 4) is 0 Å². The molecule has 13 heteroatoms. The molecule has 0 bridgehead atoms. The molecule has 0 aliphatic rings. The predicted molar refractivity (Wildman–Crippen MR) is 144 cm³/mol. The van der Waals surface area contributed by atoms with Crippen LogP contribution in [-0.4, -0.2) is 46.4 Å². The van der Waals surface area contributed by atoms with E-state index in [0.29, 0.717) is 12.8 Å². The van der Waals surface area contributed by atoms with Crippen molar-refractivity contribution >= 4 is 23.5 Å². The molecular weight excluding hydrogens is 508 g/mol. The van der Waals surface area contributed by atoms with Crippen LogP contribution in [0.2, 0.25) is 18.1 Å². The van der Waals surface area contributed by atoms with Gasteiger partial charge in [0.05, 0.1) is 26.4 Å². The Morgan fingerprint density at radius 3 is 1.43 bits per heavy atom. The van der Waals surface area contributed by atoms with E-state index in [4.69, 9.17) is 28.1 Å². The highest BCUT2D eigenvalue weighted by atomic mass is 31.2. The lowest BCUT2D eigenvalue weighted by atomic mass is 9.79. The molecule has 0 saturated heterocycles. The highest BCUT2D eigenvalue weighted by molar-refractivity contribution is 7.74. The molecule has 0 aromatic heterocycles. The monoisotopic (exact) mass is 557 g/mol. The van der Waals surface area contributed by atoms with E-state index in [1.54, 1.807) is 27.7 Å². The molecule has 35 heavy (non-hydrogen) atoms. The van der Waals surface area contributed by atoms with E-state index in [9.17, 15) is 0 Å². The Balaban J connectivity index is 8.09. The molecule has 0 aromatic rings. The van der Waals surface area contributed by atoms with Crippen LogP contribution in [0.25, 0.3) is 10.4 Å². The van der Waals surface area contributed by atoms with Gasteiger partial charge < -0.3 is 22.5 Å². The molecule has 0 rings (SSSR count). The number of azide groups is 1.